The molecule has 28 heavy (non-hydrogen) atoms. The van der Waals surface area contributed by atoms with Crippen molar-refractivity contribution in [3.8, 4) is 0 Å². The fraction of sp³-hybridized carbons (Fsp3) is 0.636. The average Bonchev–Trinajstić information content (AvgIpc) is 2.89. The third kappa shape index (κ3) is 7.89. The van der Waals surface area contributed by atoms with Crippen LogP contribution in [0.2, 0.25) is 0 Å². The molecule has 1 aliphatic rings. The van der Waals surface area contributed by atoms with Gasteiger partial charge in [0.05, 0.1) is 13.1 Å². The van der Waals surface area contributed by atoms with E-state index in [1.165, 1.54) is 31.4 Å². The highest BCUT2D eigenvalue weighted by Gasteiger charge is 2.18. The van der Waals surface area contributed by atoms with Crippen LogP contribution in [-0.2, 0) is 9.59 Å². The second-order valence-electron chi connectivity index (χ2n) is 8.60. The SMILES string of the molecule is CCN(CC(=O)Nc1ccc(N2CCCCCC2)cc1)CC(=O)NC(C)(C)C. The van der Waals surface area contributed by atoms with Crippen LogP contribution in [0.4, 0.5) is 11.4 Å². The van der Waals surface area contributed by atoms with Gasteiger partial charge >= 0.3 is 0 Å². The Labute approximate surface area is 169 Å². The molecule has 6 heteroatoms. The highest BCUT2D eigenvalue weighted by Crippen LogP contribution is 2.21. The predicted octanol–water partition coefficient (Wildman–Crippen LogP) is 3.24. The van der Waals surface area contributed by atoms with Gasteiger partial charge in [0.2, 0.25) is 11.8 Å². The molecule has 0 unspecified atom stereocenters. The van der Waals surface area contributed by atoms with Crippen LogP contribution < -0.4 is 15.5 Å². The van der Waals surface area contributed by atoms with Gasteiger partial charge in [-0.25, -0.2) is 0 Å². The number of anilines is 2. The summed E-state index contributed by atoms with van der Waals surface area (Å²) in [7, 11) is 0. The molecule has 2 rings (SSSR count). The van der Waals surface area contributed by atoms with Crippen LogP contribution in [-0.4, -0.2) is 55.0 Å². The molecule has 156 valence electrons. The van der Waals surface area contributed by atoms with E-state index in [1.54, 1.807) is 0 Å². The molecule has 2 amide bonds. The van der Waals surface area contributed by atoms with Crippen molar-refractivity contribution in [2.45, 2.75) is 58.9 Å². The standard InChI is InChI=1S/C22H36N4O2/c1-5-25(17-21(28)24-22(2,3)4)16-20(27)23-18-10-12-19(13-11-18)26-14-8-6-7-9-15-26/h10-13H,5-9,14-17H2,1-4H3,(H,23,27)(H,24,28). The molecular weight excluding hydrogens is 352 g/mol. The molecule has 0 bridgehead atoms. The van der Waals surface area contributed by atoms with E-state index in [0.29, 0.717) is 6.54 Å². The minimum atomic E-state index is -0.270. The summed E-state index contributed by atoms with van der Waals surface area (Å²) in [5, 5.41) is 5.87. The first kappa shape index (κ1) is 22.2. The van der Waals surface area contributed by atoms with Crippen LogP contribution in [0.3, 0.4) is 0 Å². The highest BCUT2D eigenvalue weighted by molar-refractivity contribution is 5.92. The Morgan fingerprint density at radius 1 is 0.964 bits per heavy atom. The average molecular weight is 389 g/mol. The van der Waals surface area contributed by atoms with Gasteiger partial charge in [-0.15, -0.1) is 0 Å². The molecule has 0 aromatic heterocycles. The van der Waals surface area contributed by atoms with Gasteiger partial charge in [-0.3, -0.25) is 14.5 Å². The van der Waals surface area contributed by atoms with E-state index in [4.69, 9.17) is 0 Å². The van der Waals surface area contributed by atoms with E-state index >= 15 is 0 Å². The van der Waals surface area contributed by atoms with E-state index in [2.05, 4.69) is 27.7 Å². The lowest BCUT2D eigenvalue weighted by molar-refractivity contribution is -0.124. The molecule has 0 atom stereocenters. The van der Waals surface area contributed by atoms with Gasteiger partial charge in [-0.05, 0) is 64.4 Å². The maximum absolute atomic E-state index is 12.4. The Kier molecular flexibility index (Phi) is 8.30. The van der Waals surface area contributed by atoms with Crippen molar-refractivity contribution in [3.05, 3.63) is 24.3 Å². The Hall–Kier alpha value is -2.08. The highest BCUT2D eigenvalue weighted by atomic mass is 16.2. The first-order chi connectivity index (χ1) is 13.3. The molecule has 0 spiro atoms. The minimum Gasteiger partial charge on any atom is -0.372 e. The molecule has 6 nitrogen and oxygen atoms in total. The van der Waals surface area contributed by atoms with Gasteiger partial charge in [0.15, 0.2) is 0 Å². The number of amides is 2. The molecule has 1 aromatic rings. The molecule has 1 aromatic carbocycles. The van der Waals surface area contributed by atoms with E-state index < -0.39 is 0 Å². The maximum atomic E-state index is 12.4. The molecule has 0 saturated carbocycles. The van der Waals surface area contributed by atoms with E-state index in [-0.39, 0.29) is 30.4 Å². The number of rotatable bonds is 7. The second kappa shape index (κ2) is 10.5. The van der Waals surface area contributed by atoms with Crippen LogP contribution in [0.1, 0.15) is 53.4 Å². The van der Waals surface area contributed by atoms with Gasteiger partial charge in [0, 0.05) is 30.0 Å². The Bertz CT molecular complexity index is 629. The number of nitrogens with zero attached hydrogens (tertiary/aromatic N) is 2. The van der Waals surface area contributed by atoms with Crippen LogP contribution in [0.5, 0.6) is 0 Å². The second-order valence-corrected chi connectivity index (χ2v) is 8.60. The number of likely N-dealkylation sites (N-methyl/N-ethyl adjacent to an activating group) is 1. The zero-order valence-electron chi connectivity index (χ0n) is 17.9. The van der Waals surface area contributed by atoms with Crippen molar-refractivity contribution in [3.63, 3.8) is 0 Å². The third-order valence-electron chi connectivity index (χ3n) is 4.82. The monoisotopic (exact) mass is 388 g/mol. The Morgan fingerprint density at radius 2 is 1.54 bits per heavy atom. The third-order valence-corrected chi connectivity index (χ3v) is 4.82. The van der Waals surface area contributed by atoms with Crippen molar-refractivity contribution >= 4 is 23.2 Å². The van der Waals surface area contributed by atoms with Crippen molar-refractivity contribution in [1.29, 1.82) is 0 Å². The maximum Gasteiger partial charge on any atom is 0.238 e. The van der Waals surface area contributed by atoms with Crippen molar-refractivity contribution in [2.75, 3.05) is 42.9 Å². The number of hydrogen-bond acceptors (Lipinski definition) is 4. The van der Waals surface area contributed by atoms with E-state index in [9.17, 15) is 9.59 Å². The first-order valence-corrected chi connectivity index (χ1v) is 10.4. The largest absolute Gasteiger partial charge is 0.372 e. The number of carbonyl (C=O) groups excluding carboxylic acids is 2. The van der Waals surface area contributed by atoms with Crippen molar-refractivity contribution in [2.24, 2.45) is 0 Å². The van der Waals surface area contributed by atoms with Crippen LogP contribution >= 0.6 is 0 Å². The Morgan fingerprint density at radius 3 is 2.07 bits per heavy atom. The fourth-order valence-electron chi connectivity index (χ4n) is 3.43. The van der Waals surface area contributed by atoms with Gasteiger partial charge < -0.3 is 15.5 Å². The molecule has 1 heterocycles. The molecule has 1 saturated heterocycles. The normalized spacial score (nSPS) is 15.2. The zero-order valence-corrected chi connectivity index (χ0v) is 17.9. The molecule has 1 aliphatic heterocycles. The van der Waals surface area contributed by atoms with Crippen molar-refractivity contribution < 1.29 is 9.59 Å². The number of hydrogen-bond donors (Lipinski definition) is 2. The fourth-order valence-corrected chi connectivity index (χ4v) is 3.43. The van der Waals surface area contributed by atoms with E-state index in [0.717, 1.165) is 18.8 Å². The molecule has 2 N–H and O–H groups in total. The summed E-state index contributed by atoms with van der Waals surface area (Å²) in [6.07, 6.45) is 5.11. The van der Waals surface area contributed by atoms with Crippen molar-refractivity contribution in [1.82, 2.24) is 10.2 Å². The van der Waals surface area contributed by atoms with Crippen LogP contribution in [0.15, 0.2) is 24.3 Å². The summed E-state index contributed by atoms with van der Waals surface area (Å²) in [4.78, 5) is 28.7. The number of benzene rings is 1. The summed E-state index contributed by atoms with van der Waals surface area (Å²) < 4.78 is 0. The predicted molar refractivity (Wildman–Crippen MR) is 116 cm³/mol. The summed E-state index contributed by atoms with van der Waals surface area (Å²) >= 11 is 0. The summed E-state index contributed by atoms with van der Waals surface area (Å²) in [5.41, 5.74) is 1.74. The zero-order chi connectivity index (χ0) is 20.6. The summed E-state index contributed by atoms with van der Waals surface area (Å²) in [5.74, 6) is -0.170. The minimum absolute atomic E-state index is 0.0658. The first-order valence-electron chi connectivity index (χ1n) is 10.4. The molecular formula is C22H36N4O2. The van der Waals surface area contributed by atoms with Gasteiger partial charge in [-0.1, -0.05) is 19.8 Å². The van der Waals surface area contributed by atoms with E-state index in [1.807, 2.05) is 44.7 Å². The van der Waals surface area contributed by atoms with Gasteiger partial charge in [0.25, 0.3) is 0 Å². The summed E-state index contributed by atoms with van der Waals surface area (Å²) in [6.45, 7) is 11.1. The topological polar surface area (TPSA) is 64.7 Å². The lowest BCUT2D eigenvalue weighted by Gasteiger charge is -2.24. The number of nitrogens with one attached hydrogen (secondary N) is 2. The van der Waals surface area contributed by atoms with Crippen LogP contribution in [0.25, 0.3) is 0 Å². The summed E-state index contributed by atoms with van der Waals surface area (Å²) in [6, 6.07) is 8.08. The van der Waals surface area contributed by atoms with Gasteiger partial charge in [0.1, 0.15) is 0 Å². The lowest BCUT2D eigenvalue weighted by Crippen LogP contribution is -2.47. The van der Waals surface area contributed by atoms with Gasteiger partial charge in [-0.2, -0.15) is 0 Å². The smallest absolute Gasteiger partial charge is 0.238 e. The molecule has 0 aliphatic carbocycles. The van der Waals surface area contributed by atoms with Crippen LogP contribution in [0, 0.1) is 0 Å². The lowest BCUT2D eigenvalue weighted by atomic mass is 10.1. The Balaban J connectivity index is 1.84. The molecule has 0 radical (unpaired) electrons. The molecule has 1 fully saturated rings. The number of carbonyl (C=O) groups is 2. The quantitative estimate of drug-likeness (QED) is 0.753.